The summed E-state index contributed by atoms with van der Waals surface area (Å²) < 4.78 is 0.819. The Hall–Kier alpha value is -2.51. The fourth-order valence-electron chi connectivity index (χ4n) is 2.27. The van der Waals surface area contributed by atoms with E-state index in [1.54, 1.807) is 30.3 Å². The first kappa shape index (κ1) is 17.3. The van der Waals surface area contributed by atoms with Gasteiger partial charge in [0.15, 0.2) is 5.92 Å². The van der Waals surface area contributed by atoms with Crippen LogP contribution in [0.3, 0.4) is 0 Å². The molecule has 1 saturated heterocycles. The van der Waals surface area contributed by atoms with Crippen LogP contribution < -0.4 is 10.2 Å². The van der Waals surface area contributed by atoms with Gasteiger partial charge in [0.25, 0.3) is 5.91 Å². The molecule has 126 valence electrons. The average molecular weight is 421 g/mol. The number of benzene rings is 2. The number of nitrogens with one attached hydrogen (secondary N) is 1. The van der Waals surface area contributed by atoms with Gasteiger partial charge in [-0.05, 0) is 42.5 Å². The average Bonchev–Trinajstić information content (AvgIpc) is 2.56. The number of urea groups is 1. The van der Waals surface area contributed by atoms with Gasteiger partial charge in [-0.15, -0.1) is 0 Å². The van der Waals surface area contributed by atoms with Gasteiger partial charge in [0.1, 0.15) is 0 Å². The molecule has 0 saturated carbocycles. The first-order valence-corrected chi connectivity index (χ1v) is 8.37. The van der Waals surface area contributed by atoms with E-state index in [1.807, 2.05) is 6.07 Å². The molecule has 0 spiro atoms. The van der Waals surface area contributed by atoms with Gasteiger partial charge in [-0.25, -0.2) is 9.69 Å². The third-order valence-corrected chi connectivity index (χ3v) is 4.21. The van der Waals surface area contributed by atoms with Crippen LogP contribution in [0.1, 0.15) is 0 Å². The molecule has 8 heteroatoms. The van der Waals surface area contributed by atoms with Crippen molar-refractivity contribution < 1.29 is 14.4 Å². The molecule has 1 aliphatic rings. The van der Waals surface area contributed by atoms with Gasteiger partial charge >= 0.3 is 6.03 Å². The number of rotatable bonds is 3. The Morgan fingerprint density at radius 2 is 1.84 bits per heavy atom. The summed E-state index contributed by atoms with van der Waals surface area (Å²) in [5.41, 5.74) is 0.894. The zero-order valence-corrected chi connectivity index (χ0v) is 15.0. The maximum atomic E-state index is 12.6. The Balaban J connectivity index is 1.89. The molecule has 6 nitrogen and oxygen atoms in total. The minimum atomic E-state index is -1.20. The van der Waals surface area contributed by atoms with Crippen molar-refractivity contribution in [3.63, 3.8) is 0 Å². The fraction of sp³-hybridized carbons (Fsp3) is 0.0588. The predicted octanol–water partition coefficient (Wildman–Crippen LogP) is 3.70. The second kappa shape index (κ2) is 7.16. The van der Waals surface area contributed by atoms with Crippen LogP contribution in [0.5, 0.6) is 0 Å². The van der Waals surface area contributed by atoms with Gasteiger partial charge in [0, 0.05) is 15.7 Å². The molecule has 0 unspecified atom stereocenters. The Bertz CT molecular complexity index is 883. The molecule has 2 aromatic carbocycles. The number of hydrogen-bond donors (Lipinski definition) is 1. The first-order valence-electron chi connectivity index (χ1n) is 7.20. The van der Waals surface area contributed by atoms with Gasteiger partial charge in [-0.2, -0.15) is 0 Å². The molecular weight excluding hydrogens is 410 g/mol. The van der Waals surface area contributed by atoms with Crippen LogP contribution in [0, 0.1) is 5.92 Å². The summed E-state index contributed by atoms with van der Waals surface area (Å²) in [5, 5.41) is 2.63. The highest BCUT2D eigenvalue weighted by Gasteiger charge is 2.40. The van der Waals surface area contributed by atoms with Crippen LogP contribution >= 0.6 is 27.5 Å². The van der Waals surface area contributed by atoms with E-state index in [1.165, 1.54) is 18.3 Å². The van der Waals surface area contributed by atoms with Gasteiger partial charge in [-0.3, -0.25) is 19.9 Å². The Morgan fingerprint density at radius 3 is 2.52 bits per heavy atom. The van der Waals surface area contributed by atoms with Crippen LogP contribution in [0.2, 0.25) is 5.02 Å². The highest BCUT2D eigenvalue weighted by atomic mass is 79.9. The number of carbonyl (C=O) groups is 3. The molecule has 3 rings (SSSR count). The minimum absolute atomic E-state index is 0.320. The van der Waals surface area contributed by atoms with E-state index in [2.05, 4.69) is 26.2 Å². The predicted molar refractivity (Wildman–Crippen MR) is 98.3 cm³/mol. The third kappa shape index (κ3) is 3.78. The lowest BCUT2D eigenvalue weighted by molar-refractivity contribution is -0.131. The molecule has 1 atom stereocenters. The lowest BCUT2D eigenvalue weighted by atomic mass is 10.1. The molecule has 1 aliphatic heterocycles. The number of imide groups is 2. The molecule has 1 fully saturated rings. The maximum absolute atomic E-state index is 12.6. The summed E-state index contributed by atoms with van der Waals surface area (Å²) in [4.78, 5) is 41.8. The number of anilines is 1. The number of halogens is 2. The molecule has 4 amide bonds. The Labute approximate surface area is 156 Å². The summed E-state index contributed by atoms with van der Waals surface area (Å²) in [5.74, 6) is -2.58. The van der Waals surface area contributed by atoms with E-state index in [0.29, 0.717) is 16.4 Å². The second-order valence-corrected chi connectivity index (χ2v) is 6.53. The lowest BCUT2D eigenvalue weighted by Crippen LogP contribution is -2.58. The Morgan fingerprint density at radius 1 is 1.12 bits per heavy atom. The molecule has 0 aromatic heterocycles. The molecule has 2 aromatic rings. The van der Waals surface area contributed by atoms with Gasteiger partial charge in [0.05, 0.1) is 11.4 Å². The monoisotopic (exact) mass is 419 g/mol. The molecule has 1 N–H and O–H groups in total. The van der Waals surface area contributed by atoms with Crippen molar-refractivity contribution in [3.05, 3.63) is 58.0 Å². The summed E-state index contributed by atoms with van der Waals surface area (Å²) in [7, 11) is 0. The number of hydrogen-bond acceptors (Lipinski definition) is 4. The van der Waals surface area contributed by atoms with E-state index in [-0.39, 0.29) is 0 Å². The van der Waals surface area contributed by atoms with E-state index in [0.717, 1.165) is 9.37 Å². The summed E-state index contributed by atoms with van der Waals surface area (Å²) >= 11 is 9.14. The quantitative estimate of drug-likeness (QED) is 0.607. The summed E-state index contributed by atoms with van der Waals surface area (Å²) in [6.45, 7) is 0. The molecular formula is C17H11BrClN3O3. The van der Waals surface area contributed by atoms with Crippen LogP contribution in [0.25, 0.3) is 0 Å². The van der Waals surface area contributed by atoms with E-state index in [9.17, 15) is 14.4 Å². The van der Waals surface area contributed by atoms with Crippen molar-refractivity contribution in [3.8, 4) is 0 Å². The van der Waals surface area contributed by atoms with Crippen molar-refractivity contribution >= 4 is 63.0 Å². The second-order valence-electron chi connectivity index (χ2n) is 5.18. The topological polar surface area (TPSA) is 78.8 Å². The SMILES string of the molecule is O=C1NC(=O)N(c2ccc(Cl)cc2)C(=O)[C@@H]1C=Nc1cccc(Br)c1. The number of carbonyl (C=O) groups excluding carboxylic acids is 3. The smallest absolute Gasteiger partial charge is 0.276 e. The van der Waals surface area contributed by atoms with Crippen molar-refractivity contribution in [2.45, 2.75) is 0 Å². The lowest BCUT2D eigenvalue weighted by Gasteiger charge is -2.28. The zero-order valence-electron chi connectivity index (χ0n) is 12.6. The van der Waals surface area contributed by atoms with Crippen LogP contribution in [-0.4, -0.2) is 24.1 Å². The highest BCUT2D eigenvalue weighted by Crippen LogP contribution is 2.23. The van der Waals surface area contributed by atoms with Gasteiger partial charge < -0.3 is 0 Å². The minimum Gasteiger partial charge on any atom is -0.276 e. The Kier molecular flexibility index (Phi) is 4.96. The van der Waals surface area contributed by atoms with Gasteiger partial charge in [0.2, 0.25) is 5.91 Å². The highest BCUT2D eigenvalue weighted by molar-refractivity contribution is 9.10. The van der Waals surface area contributed by atoms with Crippen LogP contribution in [0.4, 0.5) is 16.2 Å². The number of aliphatic imine (C=N–C) groups is 1. The van der Waals surface area contributed by atoms with Crippen LogP contribution in [0.15, 0.2) is 58.0 Å². The maximum Gasteiger partial charge on any atom is 0.335 e. The van der Waals surface area contributed by atoms with Crippen molar-refractivity contribution in [2.75, 3.05) is 4.90 Å². The number of amides is 4. The number of nitrogens with zero attached hydrogens (tertiary/aromatic N) is 2. The van der Waals surface area contributed by atoms with E-state index in [4.69, 9.17) is 11.6 Å². The van der Waals surface area contributed by atoms with Crippen molar-refractivity contribution in [1.29, 1.82) is 0 Å². The summed E-state index contributed by atoms with van der Waals surface area (Å²) in [6.07, 6.45) is 1.23. The standard InChI is InChI=1S/C17H11BrClN3O3/c18-10-2-1-3-12(8-10)20-9-14-15(23)21-17(25)22(16(14)24)13-6-4-11(19)5-7-13/h1-9,14H,(H,21,23,25)/t14-/m1/s1. The van der Waals surface area contributed by atoms with E-state index < -0.39 is 23.8 Å². The molecule has 25 heavy (non-hydrogen) atoms. The van der Waals surface area contributed by atoms with Crippen molar-refractivity contribution in [2.24, 2.45) is 10.9 Å². The largest absolute Gasteiger partial charge is 0.335 e. The number of barbiturate groups is 1. The summed E-state index contributed by atoms with van der Waals surface area (Å²) in [6, 6.07) is 12.4. The van der Waals surface area contributed by atoms with Gasteiger partial charge in [-0.1, -0.05) is 33.6 Å². The first-order chi connectivity index (χ1) is 12.0. The molecule has 1 heterocycles. The molecule has 0 aliphatic carbocycles. The molecule has 0 bridgehead atoms. The van der Waals surface area contributed by atoms with Crippen molar-refractivity contribution in [1.82, 2.24) is 5.32 Å². The fourth-order valence-corrected chi connectivity index (χ4v) is 2.79. The van der Waals surface area contributed by atoms with E-state index >= 15 is 0 Å². The van der Waals surface area contributed by atoms with Crippen LogP contribution in [-0.2, 0) is 9.59 Å². The zero-order chi connectivity index (χ0) is 18.0. The molecule has 0 radical (unpaired) electrons. The normalized spacial score (nSPS) is 17.9. The third-order valence-electron chi connectivity index (χ3n) is 3.47.